The highest BCUT2D eigenvalue weighted by atomic mass is 16.5. The van der Waals surface area contributed by atoms with Gasteiger partial charge in [0.2, 0.25) is 0 Å². The van der Waals surface area contributed by atoms with Crippen molar-refractivity contribution in [2.45, 2.75) is 25.0 Å². The van der Waals surface area contributed by atoms with E-state index in [0.29, 0.717) is 26.2 Å². The molecule has 1 rings (SSSR count). The van der Waals surface area contributed by atoms with E-state index in [9.17, 15) is 9.90 Å². The van der Waals surface area contributed by atoms with E-state index in [1.807, 2.05) is 0 Å². The number of rotatable bonds is 6. The molecule has 3 N–H and O–H groups in total. The van der Waals surface area contributed by atoms with Gasteiger partial charge in [0, 0.05) is 39.8 Å². The van der Waals surface area contributed by atoms with Crippen LogP contribution in [0.15, 0.2) is 0 Å². The first-order chi connectivity index (χ1) is 8.05. The van der Waals surface area contributed by atoms with Gasteiger partial charge in [-0.2, -0.15) is 0 Å². The van der Waals surface area contributed by atoms with Crippen molar-refractivity contribution in [2.24, 2.45) is 0 Å². The van der Waals surface area contributed by atoms with Gasteiger partial charge in [0.1, 0.15) is 6.10 Å². The van der Waals surface area contributed by atoms with Gasteiger partial charge in [-0.25, -0.2) is 0 Å². The molecule has 0 aromatic carbocycles. The second-order valence-electron chi connectivity index (χ2n) is 4.52. The maximum Gasteiger partial charge on any atom is 0.250 e. The van der Waals surface area contributed by atoms with Crippen LogP contribution in [0.1, 0.15) is 13.3 Å². The topological polar surface area (TPSA) is 79.8 Å². The number of hydrogen-bond donors (Lipinski definition) is 3. The van der Waals surface area contributed by atoms with Crippen LogP contribution in [0.5, 0.6) is 0 Å². The van der Waals surface area contributed by atoms with E-state index in [4.69, 9.17) is 9.47 Å². The molecule has 2 unspecified atom stereocenters. The third kappa shape index (κ3) is 5.45. The molecular weight excluding hydrogens is 224 g/mol. The van der Waals surface area contributed by atoms with Gasteiger partial charge in [0.15, 0.2) is 0 Å². The molecule has 17 heavy (non-hydrogen) atoms. The molecule has 100 valence electrons. The Hall–Kier alpha value is -0.690. The van der Waals surface area contributed by atoms with Crippen molar-refractivity contribution in [1.82, 2.24) is 10.6 Å². The highest BCUT2D eigenvalue weighted by molar-refractivity contribution is 5.81. The average Bonchev–Trinajstić information content (AvgIpc) is 2.35. The van der Waals surface area contributed by atoms with Gasteiger partial charge in [-0.15, -0.1) is 0 Å². The molecule has 1 saturated heterocycles. The largest absolute Gasteiger partial charge is 0.388 e. The number of morpholine rings is 1. The third-order valence-corrected chi connectivity index (χ3v) is 2.71. The Bertz CT molecular complexity index is 240. The summed E-state index contributed by atoms with van der Waals surface area (Å²) in [6, 6.07) is 0. The van der Waals surface area contributed by atoms with Crippen LogP contribution in [-0.2, 0) is 14.3 Å². The number of amides is 1. The zero-order valence-corrected chi connectivity index (χ0v) is 10.5. The van der Waals surface area contributed by atoms with Crippen molar-refractivity contribution in [3.8, 4) is 0 Å². The molecule has 1 aliphatic heterocycles. The Balaban J connectivity index is 2.26. The fourth-order valence-corrected chi connectivity index (χ4v) is 1.54. The Morgan fingerprint density at radius 3 is 3.06 bits per heavy atom. The molecule has 0 aromatic rings. The van der Waals surface area contributed by atoms with Gasteiger partial charge in [-0.3, -0.25) is 4.79 Å². The van der Waals surface area contributed by atoms with Crippen molar-refractivity contribution in [3.63, 3.8) is 0 Å². The van der Waals surface area contributed by atoms with Crippen LogP contribution >= 0.6 is 0 Å². The molecule has 0 spiro atoms. The van der Waals surface area contributed by atoms with Crippen molar-refractivity contribution < 1.29 is 19.4 Å². The van der Waals surface area contributed by atoms with E-state index in [-0.39, 0.29) is 12.5 Å². The number of aliphatic hydroxyl groups is 1. The van der Waals surface area contributed by atoms with Crippen molar-refractivity contribution in [1.29, 1.82) is 0 Å². The lowest BCUT2D eigenvalue weighted by Crippen LogP contribution is -2.51. The number of carbonyl (C=O) groups is 1. The van der Waals surface area contributed by atoms with Gasteiger partial charge < -0.3 is 25.2 Å². The molecule has 6 heteroatoms. The zero-order chi connectivity index (χ0) is 12.7. The van der Waals surface area contributed by atoms with Crippen LogP contribution in [0.25, 0.3) is 0 Å². The van der Waals surface area contributed by atoms with Crippen molar-refractivity contribution >= 4 is 5.91 Å². The second-order valence-corrected chi connectivity index (χ2v) is 4.52. The summed E-state index contributed by atoms with van der Waals surface area (Å²) in [6.07, 6.45) is 0.0232. The third-order valence-electron chi connectivity index (χ3n) is 2.71. The van der Waals surface area contributed by atoms with Crippen LogP contribution in [0, 0.1) is 0 Å². The first-order valence-electron chi connectivity index (χ1n) is 5.86. The smallest absolute Gasteiger partial charge is 0.250 e. The van der Waals surface area contributed by atoms with Gasteiger partial charge in [0.05, 0.1) is 12.2 Å². The molecule has 1 heterocycles. The number of methoxy groups -OCH3 is 1. The predicted octanol–water partition coefficient (Wildman–Crippen LogP) is -1.12. The molecule has 1 aliphatic rings. The lowest BCUT2D eigenvalue weighted by atomic mass is 10.0. The van der Waals surface area contributed by atoms with Crippen LogP contribution in [-0.4, -0.2) is 62.7 Å². The Morgan fingerprint density at radius 2 is 2.47 bits per heavy atom. The summed E-state index contributed by atoms with van der Waals surface area (Å²) < 4.78 is 10.2. The summed E-state index contributed by atoms with van der Waals surface area (Å²) in [5.74, 6) is -0.185. The summed E-state index contributed by atoms with van der Waals surface area (Å²) in [4.78, 5) is 11.7. The fourth-order valence-electron chi connectivity index (χ4n) is 1.54. The van der Waals surface area contributed by atoms with E-state index in [1.54, 1.807) is 14.0 Å². The summed E-state index contributed by atoms with van der Waals surface area (Å²) in [5.41, 5.74) is -0.951. The predicted molar refractivity (Wildman–Crippen MR) is 62.7 cm³/mol. The quantitative estimate of drug-likeness (QED) is 0.553. The normalized spacial score (nSPS) is 24.1. The van der Waals surface area contributed by atoms with E-state index >= 15 is 0 Å². The molecule has 0 bridgehead atoms. The number of ether oxygens (including phenoxy) is 2. The second kappa shape index (κ2) is 6.90. The fraction of sp³-hybridized carbons (Fsp3) is 0.909. The van der Waals surface area contributed by atoms with Crippen molar-refractivity contribution in [2.75, 3.05) is 40.0 Å². The van der Waals surface area contributed by atoms with Gasteiger partial charge >= 0.3 is 0 Å². The minimum atomic E-state index is -0.951. The monoisotopic (exact) mass is 246 g/mol. The van der Waals surface area contributed by atoms with E-state index in [2.05, 4.69) is 10.6 Å². The molecule has 1 amide bonds. The minimum Gasteiger partial charge on any atom is -0.388 e. The molecule has 6 nitrogen and oxygen atoms in total. The average molecular weight is 246 g/mol. The van der Waals surface area contributed by atoms with Crippen LogP contribution in [0.2, 0.25) is 0 Å². The van der Waals surface area contributed by atoms with E-state index in [0.717, 1.165) is 6.54 Å². The lowest BCUT2D eigenvalue weighted by Gasteiger charge is -2.26. The highest BCUT2D eigenvalue weighted by Crippen LogP contribution is 2.07. The standard InChI is InChI=1S/C11H22N2O4/c1-11(15,3-5-16-2)8-13-10(14)9-7-12-4-6-17-9/h9,12,15H,3-8H2,1-2H3,(H,13,14). The Kier molecular flexibility index (Phi) is 5.84. The van der Waals surface area contributed by atoms with Crippen LogP contribution < -0.4 is 10.6 Å². The maximum atomic E-state index is 11.7. The summed E-state index contributed by atoms with van der Waals surface area (Å²) in [5, 5.41) is 15.7. The molecule has 0 aliphatic carbocycles. The molecule has 0 saturated carbocycles. The first-order valence-corrected chi connectivity index (χ1v) is 5.86. The molecule has 2 atom stereocenters. The summed E-state index contributed by atoms with van der Waals surface area (Å²) >= 11 is 0. The SMILES string of the molecule is COCCC(C)(O)CNC(=O)C1CNCCO1. The van der Waals surface area contributed by atoms with Gasteiger partial charge in [0.25, 0.3) is 5.91 Å². The van der Waals surface area contributed by atoms with Gasteiger partial charge in [-0.05, 0) is 6.92 Å². The zero-order valence-electron chi connectivity index (χ0n) is 10.5. The van der Waals surface area contributed by atoms with Crippen molar-refractivity contribution in [3.05, 3.63) is 0 Å². The molecular formula is C11H22N2O4. The summed E-state index contributed by atoms with van der Waals surface area (Å²) in [7, 11) is 1.58. The van der Waals surface area contributed by atoms with E-state index in [1.165, 1.54) is 0 Å². The lowest BCUT2D eigenvalue weighted by molar-refractivity contribution is -0.135. The highest BCUT2D eigenvalue weighted by Gasteiger charge is 2.25. The minimum absolute atomic E-state index is 0.185. The number of nitrogens with one attached hydrogen (secondary N) is 2. The first kappa shape index (κ1) is 14.4. The van der Waals surface area contributed by atoms with Crippen LogP contribution in [0.3, 0.4) is 0 Å². The molecule has 1 fully saturated rings. The molecule has 0 aromatic heterocycles. The Labute approximate surface area is 102 Å². The number of carbonyl (C=O) groups excluding carboxylic acids is 1. The van der Waals surface area contributed by atoms with E-state index < -0.39 is 11.7 Å². The van der Waals surface area contributed by atoms with Gasteiger partial charge in [-0.1, -0.05) is 0 Å². The maximum absolute atomic E-state index is 11.7. The van der Waals surface area contributed by atoms with Crippen LogP contribution in [0.4, 0.5) is 0 Å². The summed E-state index contributed by atoms with van der Waals surface area (Å²) in [6.45, 7) is 4.17. The number of hydrogen-bond acceptors (Lipinski definition) is 5. The Morgan fingerprint density at radius 1 is 1.71 bits per heavy atom. The molecule has 0 radical (unpaired) electrons.